The maximum atomic E-state index is 12.4. The Labute approximate surface area is 144 Å². The molecule has 0 bridgehead atoms. The summed E-state index contributed by atoms with van der Waals surface area (Å²) >= 11 is 0. The van der Waals surface area contributed by atoms with E-state index in [4.69, 9.17) is 13.9 Å². The number of carbonyl (C=O) groups excluding carboxylic acids is 1. The number of hydrogen-bond donors (Lipinski definition) is 0. The molecule has 0 atom stereocenters. The summed E-state index contributed by atoms with van der Waals surface area (Å²) in [5, 5.41) is 0.692. The number of allylic oxidation sites excluding steroid dienone is 1. The first kappa shape index (κ1) is 16.5. The second-order valence-electron chi connectivity index (χ2n) is 5.27. The molecule has 2 aromatic carbocycles. The fourth-order valence-electron chi connectivity index (χ4n) is 2.53. The van der Waals surface area contributed by atoms with Crippen LogP contribution in [0, 0.1) is 0 Å². The van der Waals surface area contributed by atoms with Gasteiger partial charge in [0.25, 0.3) is 0 Å². The van der Waals surface area contributed by atoms with Crippen molar-refractivity contribution >= 4 is 22.8 Å². The van der Waals surface area contributed by atoms with Crippen LogP contribution in [0.4, 0.5) is 0 Å². The van der Waals surface area contributed by atoms with Gasteiger partial charge in [0.05, 0.1) is 14.2 Å². The van der Waals surface area contributed by atoms with Crippen LogP contribution in [0.25, 0.3) is 17.0 Å². The summed E-state index contributed by atoms with van der Waals surface area (Å²) in [5.74, 6) is 0.631. The molecule has 0 aliphatic heterocycles. The molecule has 0 aliphatic carbocycles. The maximum absolute atomic E-state index is 12.4. The summed E-state index contributed by atoms with van der Waals surface area (Å²) in [6, 6.07) is 13.9. The van der Waals surface area contributed by atoms with E-state index in [-0.39, 0.29) is 5.56 Å². The lowest BCUT2D eigenvalue weighted by atomic mass is 10.1. The monoisotopic (exact) mass is 336 g/mol. The van der Waals surface area contributed by atoms with Crippen LogP contribution in [-0.4, -0.2) is 20.0 Å². The first-order valence-corrected chi connectivity index (χ1v) is 7.60. The van der Waals surface area contributed by atoms with Gasteiger partial charge in [0.1, 0.15) is 11.1 Å². The minimum absolute atomic E-state index is 0.0168. The van der Waals surface area contributed by atoms with E-state index in [1.165, 1.54) is 26.4 Å². The summed E-state index contributed by atoms with van der Waals surface area (Å²) < 4.78 is 15.7. The molecule has 5 heteroatoms. The quantitative estimate of drug-likeness (QED) is 0.404. The van der Waals surface area contributed by atoms with E-state index in [0.717, 1.165) is 0 Å². The lowest BCUT2D eigenvalue weighted by molar-refractivity contribution is 0.104. The molecule has 1 aromatic heterocycles. The Morgan fingerprint density at radius 1 is 1.04 bits per heavy atom. The van der Waals surface area contributed by atoms with E-state index in [2.05, 4.69) is 0 Å². The number of methoxy groups -OCH3 is 2. The van der Waals surface area contributed by atoms with Crippen LogP contribution in [0.3, 0.4) is 0 Å². The van der Waals surface area contributed by atoms with Crippen molar-refractivity contribution in [2.75, 3.05) is 14.2 Å². The largest absolute Gasteiger partial charge is 0.493 e. The Bertz CT molecular complexity index is 1010. The number of benzene rings is 2. The van der Waals surface area contributed by atoms with Gasteiger partial charge in [-0.05, 0) is 30.4 Å². The van der Waals surface area contributed by atoms with Crippen molar-refractivity contribution in [1.82, 2.24) is 0 Å². The number of carbonyl (C=O) groups is 1. The average molecular weight is 336 g/mol. The lowest BCUT2D eigenvalue weighted by Crippen LogP contribution is -2.11. The standard InChI is InChI=1S/C20H16O5/c1-23-18-9-5-7-13(19(18)24-2)10-11-16(21)15-12-14-6-3-4-8-17(14)25-20(15)22/h3-12H,1-2H3. The number of ketones is 1. The Hall–Kier alpha value is -3.34. The molecule has 3 rings (SSSR count). The summed E-state index contributed by atoms with van der Waals surface area (Å²) in [5.41, 5.74) is 0.436. The van der Waals surface area contributed by atoms with Crippen molar-refractivity contribution in [3.63, 3.8) is 0 Å². The molecule has 0 radical (unpaired) electrons. The molecule has 0 saturated heterocycles. The average Bonchev–Trinajstić information content (AvgIpc) is 2.64. The summed E-state index contributed by atoms with van der Waals surface area (Å²) in [6.45, 7) is 0. The van der Waals surface area contributed by atoms with Crippen molar-refractivity contribution in [3.05, 3.63) is 76.2 Å². The molecule has 0 amide bonds. The second kappa shape index (κ2) is 7.05. The van der Waals surface area contributed by atoms with Crippen LogP contribution < -0.4 is 15.1 Å². The van der Waals surface area contributed by atoms with Gasteiger partial charge in [0, 0.05) is 10.9 Å². The Kier molecular flexibility index (Phi) is 4.66. The predicted molar refractivity (Wildman–Crippen MR) is 95.4 cm³/mol. The van der Waals surface area contributed by atoms with Crippen LogP contribution in [0.2, 0.25) is 0 Å². The molecule has 25 heavy (non-hydrogen) atoms. The van der Waals surface area contributed by atoms with Gasteiger partial charge >= 0.3 is 5.63 Å². The van der Waals surface area contributed by atoms with Crippen LogP contribution in [-0.2, 0) is 0 Å². The molecule has 0 N–H and O–H groups in total. The Morgan fingerprint density at radius 2 is 1.84 bits per heavy atom. The normalized spacial score (nSPS) is 11.0. The van der Waals surface area contributed by atoms with Gasteiger partial charge in [0.15, 0.2) is 17.3 Å². The molecular formula is C20H16O5. The molecule has 3 aromatic rings. The van der Waals surface area contributed by atoms with Crippen molar-refractivity contribution in [3.8, 4) is 11.5 Å². The fourth-order valence-corrected chi connectivity index (χ4v) is 2.53. The highest BCUT2D eigenvalue weighted by atomic mass is 16.5. The van der Waals surface area contributed by atoms with Gasteiger partial charge in [-0.2, -0.15) is 0 Å². The SMILES string of the molecule is COc1cccc(C=CC(=O)c2cc3ccccc3oc2=O)c1OC. The van der Waals surface area contributed by atoms with Crippen LogP contribution >= 0.6 is 0 Å². The molecule has 0 fully saturated rings. The summed E-state index contributed by atoms with van der Waals surface area (Å²) in [7, 11) is 3.06. The topological polar surface area (TPSA) is 65.7 Å². The van der Waals surface area contributed by atoms with Gasteiger partial charge in [-0.15, -0.1) is 0 Å². The fraction of sp³-hybridized carbons (Fsp3) is 0.100. The minimum Gasteiger partial charge on any atom is -0.493 e. The van der Waals surface area contributed by atoms with Gasteiger partial charge in [-0.1, -0.05) is 30.3 Å². The predicted octanol–water partition coefficient (Wildman–Crippen LogP) is 3.71. The van der Waals surface area contributed by atoms with Gasteiger partial charge in [0.2, 0.25) is 0 Å². The number of para-hydroxylation sites is 2. The number of fused-ring (bicyclic) bond motifs is 1. The molecule has 0 saturated carbocycles. The second-order valence-corrected chi connectivity index (χ2v) is 5.27. The minimum atomic E-state index is -0.661. The van der Waals surface area contributed by atoms with Gasteiger partial charge in [-0.25, -0.2) is 4.79 Å². The molecular weight excluding hydrogens is 320 g/mol. The molecule has 126 valence electrons. The van der Waals surface area contributed by atoms with Crippen molar-refractivity contribution in [1.29, 1.82) is 0 Å². The maximum Gasteiger partial charge on any atom is 0.347 e. The summed E-state index contributed by atoms with van der Waals surface area (Å²) in [4.78, 5) is 24.5. The lowest BCUT2D eigenvalue weighted by Gasteiger charge is -2.09. The molecule has 5 nitrogen and oxygen atoms in total. The van der Waals surface area contributed by atoms with E-state index in [1.807, 2.05) is 6.07 Å². The number of ether oxygens (including phenoxy) is 2. The number of rotatable bonds is 5. The third kappa shape index (κ3) is 3.30. The van der Waals surface area contributed by atoms with Crippen molar-refractivity contribution < 1.29 is 18.7 Å². The molecule has 0 aliphatic rings. The first-order valence-electron chi connectivity index (χ1n) is 7.60. The zero-order valence-corrected chi connectivity index (χ0v) is 13.8. The van der Waals surface area contributed by atoms with Gasteiger partial charge < -0.3 is 13.9 Å². The van der Waals surface area contributed by atoms with E-state index < -0.39 is 11.4 Å². The molecule has 1 heterocycles. The Balaban J connectivity index is 1.97. The van der Waals surface area contributed by atoms with E-state index >= 15 is 0 Å². The van der Waals surface area contributed by atoms with Crippen LogP contribution in [0.5, 0.6) is 11.5 Å². The van der Waals surface area contributed by atoms with E-state index in [9.17, 15) is 9.59 Å². The van der Waals surface area contributed by atoms with Crippen LogP contribution in [0.1, 0.15) is 15.9 Å². The van der Waals surface area contributed by atoms with E-state index in [0.29, 0.717) is 28.0 Å². The zero-order chi connectivity index (χ0) is 17.8. The third-order valence-electron chi connectivity index (χ3n) is 3.75. The zero-order valence-electron chi connectivity index (χ0n) is 13.8. The van der Waals surface area contributed by atoms with Gasteiger partial charge in [-0.3, -0.25) is 4.79 Å². The smallest absolute Gasteiger partial charge is 0.347 e. The first-order chi connectivity index (χ1) is 12.1. The highest BCUT2D eigenvalue weighted by Gasteiger charge is 2.12. The molecule has 0 unspecified atom stereocenters. The molecule has 0 spiro atoms. The van der Waals surface area contributed by atoms with E-state index in [1.54, 1.807) is 42.5 Å². The van der Waals surface area contributed by atoms with Crippen molar-refractivity contribution in [2.45, 2.75) is 0 Å². The Morgan fingerprint density at radius 3 is 2.60 bits per heavy atom. The van der Waals surface area contributed by atoms with Crippen LogP contribution in [0.15, 0.2) is 63.8 Å². The van der Waals surface area contributed by atoms with Crippen molar-refractivity contribution in [2.24, 2.45) is 0 Å². The summed E-state index contributed by atoms with van der Waals surface area (Å²) in [6.07, 6.45) is 2.90. The third-order valence-corrected chi connectivity index (χ3v) is 3.75. The highest BCUT2D eigenvalue weighted by Crippen LogP contribution is 2.31. The highest BCUT2D eigenvalue weighted by molar-refractivity contribution is 6.07. The number of hydrogen-bond acceptors (Lipinski definition) is 5.